The van der Waals surface area contributed by atoms with Crippen LogP contribution in [0.25, 0.3) is 11.0 Å². The molecule has 4 heteroatoms. The molecule has 1 heterocycles. The largest absolute Gasteiger partial charge is 0.399 e. The monoisotopic (exact) mass is 259 g/mol. The predicted octanol–water partition coefficient (Wildman–Crippen LogP) is 2.72. The third kappa shape index (κ3) is 1.91. The molecule has 0 radical (unpaired) electrons. The van der Waals surface area contributed by atoms with Crippen molar-refractivity contribution in [3.63, 3.8) is 0 Å². The number of anilines is 1. The van der Waals surface area contributed by atoms with Gasteiger partial charge in [0.05, 0.1) is 11.0 Å². The van der Waals surface area contributed by atoms with E-state index in [4.69, 9.17) is 5.73 Å². The minimum atomic E-state index is -0.0216. The number of fused-ring (bicyclic) bond motifs is 1. The molecule has 1 saturated carbocycles. The van der Waals surface area contributed by atoms with Gasteiger partial charge in [-0.25, -0.2) is 4.98 Å². The Kier molecular flexibility index (Phi) is 2.97. The van der Waals surface area contributed by atoms with Crippen molar-refractivity contribution in [1.29, 1.82) is 0 Å². The van der Waals surface area contributed by atoms with E-state index in [0.717, 1.165) is 34.9 Å². The van der Waals surface area contributed by atoms with Crippen molar-refractivity contribution in [2.75, 3.05) is 5.73 Å². The average molecular weight is 259 g/mol. The standard InChI is InChI=1S/C15H21N3O/c1-9-3-5-13(10(9)2)18-14-6-4-11(16)7-12(14)17-15(18)8-19/h4,6-7,9-10,13,19H,3,5,8,16H2,1-2H3. The van der Waals surface area contributed by atoms with Crippen molar-refractivity contribution in [3.8, 4) is 0 Å². The molecule has 19 heavy (non-hydrogen) atoms. The molecule has 3 unspecified atom stereocenters. The van der Waals surface area contributed by atoms with Crippen LogP contribution < -0.4 is 5.73 Å². The number of aliphatic hydroxyl groups is 1. The summed E-state index contributed by atoms with van der Waals surface area (Å²) >= 11 is 0. The molecular formula is C15H21N3O. The molecule has 3 N–H and O–H groups in total. The lowest BCUT2D eigenvalue weighted by Gasteiger charge is -2.22. The molecule has 1 fully saturated rings. The molecule has 0 saturated heterocycles. The zero-order chi connectivity index (χ0) is 13.6. The molecule has 0 bridgehead atoms. The van der Waals surface area contributed by atoms with Gasteiger partial charge in [-0.3, -0.25) is 0 Å². The van der Waals surface area contributed by atoms with Crippen molar-refractivity contribution in [3.05, 3.63) is 24.0 Å². The van der Waals surface area contributed by atoms with Gasteiger partial charge in [0.1, 0.15) is 12.4 Å². The van der Waals surface area contributed by atoms with Crippen LogP contribution in [0.2, 0.25) is 0 Å². The van der Waals surface area contributed by atoms with Gasteiger partial charge in [-0.05, 0) is 42.9 Å². The number of imidazole rings is 1. The van der Waals surface area contributed by atoms with E-state index in [-0.39, 0.29) is 6.61 Å². The molecule has 1 aromatic carbocycles. The number of nitrogens with zero attached hydrogens (tertiary/aromatic N) is 2. The average Bonchev–Trinajstić information content (AvgIpc) is 2.90. The van der Waals surface area contributed by atoms with E-state index in [2.05, 4.69) is 23.4 Å². The zero-order valence-corrected chi connectivity index (χ0v) is 11.5. The van der Waals surface area contributed by atoms with Gasteiger partial charge in [0, 0.05) is 11.7 Å². The Bertz CT molecular complexity index is 605. The predicted molar refractivity (Wildman–Crippen MR) is 76.7 cm³/mol. The highest BCUT2D eigenvalue weighted by Gasteiger charge is 2.33. The molecule has 1 aliphatic rings. The Morgan fingerprint density at radius 1 is 1.37 bits per heavy atom. The van der Waals surface area contributed by atoms with Gasteiger partial charge in [-0.2, -0.15) is 0 Å². The number of aromatic nitrogens is 2. The van der Waals surface area contributed by atoms with E-state index in [9.17, 15) is 5.11 Å². The van der Waals surface area contributed by atoms with Crippen LogP contribution in [0.1, 0.15) is 38.6 Å². The molecule has 0 aliphatic heterocycles. The minimum absolute atomic E-state index is 0.0216. The lowest BCUT2D eigenvalue weighted by atomic mass is 9.97. The Labute approximate surface area is 113 Å². The van der Waals surface area contributed by atoms with E-state index in [1.54, 1.807) is 0 Å². The van der Waals surface area contributed by atoms with Crippen LogP contribution in [0.5, 0.6) is 0 Å². The summed E-state index contributed by atoms with van der Waals surface area (Å²) in [5, 5.41) is 9.59. The molecule has 1 aromatic heterocycles. The van der Waals surface area contributed by atoms with E-state index in [1.807, 2.05) is 18.2 Å². The van der Waals surface area contributed by atoms with Gasteiger partial charge >= 0.3 is 0 Å². The zero-order valence-electron chi connectivity index (χ0n) is 11.5. The van der Waals surface area contributed by atoms with Gasteiger partial charge in [0.25, 0.3) is 0 Å². The Balaban J connectivity index is 2.16. The van der Waals surface area contributed by atoms with Crippen LogP contribution in [-0.2, 0) is 6.61 Å². The quantitative estimate of drug-likeness (QED) is 0.815. The summed E-state index contributed by atoms with van der Waals surface area (Å²) in [5.41, 5.74) is 8.51. The number of nitrogens with two attached hydrogens (primary N) is 1. The fourth-order valence-electron chi connectivity index (χ4n) is 3.35. The van der Waals surface area contributed by atoms with Crippen molar-refractivity contribution < 1.29 is 5.11 Å². The van der Waals surface area contributed by atoms with E-state index < -0.39 is 0 Å². The first-order valence-electron chi connectivity index (χ1n) is 6.99. The first-order chi connectivity index (χ1) is 9.11. The van der Waals surface area contributed by atoms with Crippen LogP contribution in [0.4, 0.5) is 5.69 Å². The fourth-order valence-corrected chi connectivity index (χ4v) is 3.35. The highest BCUT2D eigenvalue weighted by atomic mass is 16.3. The van der Waals surface area contributed by atoms with Crippen molar-refractivity contribution >= 4 is 16.7 Å². The fraction of sp³-hybridized carbons (Fsp3) is 0.533. The first kappa shape index (κ1) is 12.5. The SMILES string of the molecule is CC1CCC(n2c(CO)nc3cc(N)ccc32)C1C. The summed E-state index contributed by atoms with van der Waals surface area (Å²) in [7, 11) is 0. The van der Waals surface area contributed by atoms with E-state index in [1.165, 1.54) is 6.42 Å². The Morgan fingerprint density at radius 3 is 2.79 bits per heavy atom. The first-order valence-corrected chi connectivity index (χ1v) is 6.99. The highest BCUT2D eigenvalue weighted by Crippen LogP contribution is 2.42. The number of rotatable bonds is 2. The lowest BCUT2D eigenvalue weighted by molar-refractivity contribution is 0.253. The molecule has 102 valence electrons. The Hall–Kier alpha value is -1.55. The number of hydrogen-bond donors (Lipinski definition) is 2. The molecule has 2 aromatic rings. The van der Waals surface area contributed by atoms with Crippen LogP contribution in [0, 0.1) is 11.8 Å². The number of aliphatic hydroxyl groups excluding tert-OH is 1. The van der Waals surface area contributed by atoms with Gasteiger partial charge in [-0.1, -0.05) is 13.8 Å². The molecule has 3 rings (SSSR count). The number of hydrogen-bond acceptors (Lipinski definition) is 3. The molecule has 4 nitrogen and oxygen atoms in total. The maximum absolute atomic E-state index is 9.59. The van der Waals surface area contributed by atoms with Crippen LogP contribution in [0.15, 0.2) is 18.2 Å². The van der Waals surface area contributed by atoms with Crippen molar-refractivity contribution in [2.45, 2.75) is 39.3 Å². The normalized spacial score (nSPS) is 27.2. The second kappa shape index (κ2) is 4.53. The van der Waals surface area contributed by atoms with Crippen LogP contribution in [-0.4, -0.2) is 14.7 Å². The van der Waals surface area contributed by atoms with Crippen LogP contribution >= 0.6 is 0 Å². The summed E-state index contributed by atoms with van der Waals surface area (Å²) in [5.74, 6) is 2.09. The third-order valence-corrected chi connectivity index (χ3v) is 4.68. The maximum Gasteiger partial charge on any atom is 0.135 e. The molecule has 1 aliphatic carbocycles. The number of benzene rings is 1. The summed E-state index contributed by atoms with van der Waals surface area (Å²) in [6, 6.07) is 6.25. The summed E-state index contributed by atoms with van der Waals surface area (Å²) in [6.07, 6.45) is 2.40. The summed E-state index contributed by atoms with van der Waals surface area (Å²) < 4.78 is 2.23. The highest BCUT2D eigenvalue weighted by molar-refractivity contribution is 5.79. The maximum atomic E-state index is 9.59. The Morgan fingerprint density at radius 2 is 2.16 bits per heavy atom. The van der Waals surface area contributed by atoms with Gasteiger partial charge in [0.15, 0.2) is 0 Å². The van der Waals surface area contributed by atoms with Crippen molar-refractivity contribution in [1.82, 2.24) is 9.55 Å². The smallest absolute Gasteiger partial charge is 0.135 e. The van der Waals surface area contributed by atoms with Gasteiger partial charge in [0.2, 0.25) is 0 Å². The molecule has 3 atom stereocenters. The summed E-state index contributed by atoms with van der Waals surface area (Å²) in [4.78, 5) is 4.53. The molecule has 0 amide bonds. The van der Waals surface area contributed by atoms with Crippen LogP contribution in [0.3, 0.4) is 0 Å². The molecular weight excluding hydrogens is 238 g/mol. The molecule has 0 spiro atoms. The summed E-state index contributed by atoms with van der Waals surface area (Å²) in [6.45, 7) is 4.58. The van der Waals surface area contributed by atoms with E-state index >= 15 is 0 Å². The second-order valence-corrected chi connectivity index (χ2v) is 5.79. The third-order valence-electron chi connectivity index (χ3n) is 4.68. The van der Waals surface area contributed by atoms with Gasteiger partial charge < -0.3 is 15.4 Å². The van der Waals surface area contributed by atoms with Crippen molar-refractivity contribution in [2.24, 2.45) is 11.8 Å². The van der Waals surface area contributed by atoms with Gasteiger partial charge in [-0.15, -0.1) is 0 Å². The number of nitrogen functional groups attached to an aromatic ring is 1. The minimum Gasteiger partial charge on any atom is -0.399 e. The van der Waals surface area contributed by atoms with E-state index in [0.29, 0.717) is 12.0 Å². The lowest BCUT2D eigenvalue weighted by Crippen LogP contribution is -2.17. The topological polar surface area (TPSA) is 64.1 Å². The second-order valence-electron chi connectivity index (χ2n) is 5.79.